The normalized spacial score (nSPS) is 23.6. The Balaban J connectivity index is 2.51. The fourth-order valence-corrected chi connectivity index (χ4v) is 1.29. The molecule has 1 aliphatic heterocycles. The Morgan fingerprint density at radius 1 is 1.14 bits per heavy atom. The monoisotopic (exact) mass is 192 g/mol. The first-order chi connectivity index (χ1) is 6.49. The molecule has 0 atom stereocenters. The largest absolute Gasteiger partial charge is 0.386 e. The van der Waals surface area contributed by atoms with Gasteiger partial charge in [0.1, 0.15) is 0 Å². The fourth-order valence-electron chi connectivity index (χ4n) is 1.29. The summed E-state index contributed by atoms with van der Waals surface area (Å²) in [7, 11) is 0. The van der Waals surface area contributed by atoms with Crippen LogP contribution in [0.5, 0.6) is 0 Å². The first kappa shape index (κ1) is 8.90. The summed E-state index contributed by atoms with van der Waals surface area (Å²) in [6.07, 6.45) is 5.68. The van der Waals surface area contributed by atoms with Gasteiger partial charge in [-0.15, -0.1) is 0 Å². The second-order valence-corrected chi connectivity index (χ2v) is 3.40. The summed E-state index contributed by atoms with van der Waals surface area (Å²) >= 11 is 0. The van der Waals surface area contributed by atoms with Crippen LogP contribution in [-0.2, 0) is 14.3 Å². The van der Waals surface area contributed by atoms with E-state index in [1.807, 2.05) is 0 Å². The van der Waals surface area contributed by atoms with Crippen LogP contribution in [-0.4, -0.2) is 22.6 Å². The molecule has 2 aliphatic rings. The van der Waals surface area contributed by atoms with E-state index in [4.69, 9.17) is 0 Å². The van der Waals surface area contributed by atoms with Crippen molar-refractivity contribution >= 4 is 11.9 Å². The molecule has 1 heterocycles. The summed E-state index contributed by atoms with van der Waals surface area (Å²) in [5, 5.41) is 9.62. The molecule has 0 spiro atoms. The second kappa shape index (κ2) is 2.65. The van der Waals surface area contributed by atoms with Gasteiger partial charge in [0.05, 0.1) is 16.7 Å². The quantitative estimate of drug-likeness (QED) is 0.441. The molecular formula is C10H8O4. The molecule has 0 radical (unpaired) electrons. The van der Waals surface area contributed by atoms with Gasteiger partial charge < -0.3 is 9.84 Å². The highest BCUT2D eigenvalue weighted by Gasteiger charge is 2.32. The summed E-state index contributed by atoms with van der Waals surface area (Å²) in [4.78, 5) is 22.2. The zero-order valence-corrected chi connectivity index (χ0v) is 7.48. The summed E-state index contributed by atoms with van der Waals surface area (Å²) in [6.45, 7) is 1.55. The van der Waals surface area contributed by atoms with Crippen molar-refractivity contribution in [2.24, 2.45) is 0 Å². The molecule has 0 bridgehead atoms. The van der Waals surface area contributed by atoms with Gasteiger partial charge in [0.25, 0.3) is 0 Å². The van der Waals surface area contributed by atoms with E-state index in [9.17, 15) is 14.7 Å². The van der Waals surface area contributed by atoms with Crippen molar-refractivity contribution in [3.63, 3.8) is 0 Å². The predicted octanol–water partition coefficient (Wildman–Crippen LogP) is 0.243. The van der Waals surface area contributed by atoms with Crippen LogP contribution in [0, 0.1) is 0 Å². The van der Waals surface area contributed by atoms with Crippen LogP contribution >= 0.6 is 0 Å². The van der Waals surface area contributed by atoms with Crippen LogP contribution in [0.1, 0.15) is 6.92 Å². The highest BCUT2D eigenvalue weighted by atomic mass is 16.6. The number of cyclic esters (lactones) is 2. The molecule has 0 aromatic rings. The van der Waals surface area contributed by atoms with Crippen molar-refractivity contribution in [1.29, 1.82) is 0 Å². The van der Waals surface area contributed by atoms with E-state index in [0.29, 0.717) is 0 Å². The molecule has 0 amide bonds. The molecule has 0 unspecified atom stereocenters. The predicted molar refractivity (Wildman–Crippen MR) is 47.0 cm³/mol. The molecule has 0 saturated heterocycles. The third-order valence-electron chi connectivity index (χ3n) is 2.09. The van der Waals surface area contributed by atoms with E-state index in [1.165, 1.54) is 24.3 Å². The van der Waals surface area contributed by atoms with Crippen LogP contribution in [0.25, 0.3) is 0 Å². The molecule has 2 rings (SSSR count). The third-order valence-corrected chi connectivity index (χ3v) is 2.09. The van der Waals surface area contributed by atoms with Gasteiger partial charge in [-0.3, -0.25) is 0 Å². The SMILES string of the molecule is CC1(O)C=CC2=C(C=C1)C(=O)OC2=O. The number of rotatable bonds is 0. The summed E-state index contributed by atoms with van der Waals surface area (Å²) in [6, 6.07) is 0. The molecule has 0 aromatic carbocycles. The molecule has 0 aromatic heterocycles. The maximum Gasteiger partial charge on any atom is 0.346 e. The minimum atomic E-state index is -1.13. The lowest BCUT2D eigenvalue weighted by Crippen LogP contribution is -2.16. The van der Waals surface area contributed by atoms with Crippen LogP contribution in [0.2, 0.25) is 0 Å². The minimum absolute atomic E-state index is 0.198. The number of ether oxygens (including phenoxy) is 1. The van der Waals surface area contributed by atoms with Gasteiger partial charge in [-0.2, -0.15) is 0 Å². The van der Waals surface area contributed by atoms with Gasteiger partial charge in [0, 0.05) is 0 Å². The smallest absolute Gasteiger partial charge is 0.346 e. The topological polar surface area (TPSA) is 63.6 Å². The molecule has 1 aliphatic carbocycles. The van der Waals surface area contributed by atoms with E-state index in [1.54, 1.807) is 6.92 Å². The highest BCUT2D eigenvalue weighted by molar-refractivity contribution is 6.15. The van der Waals surface area contributed by atoms with Gasteiger partial charge in [-0.1, -0.05) is 0 Å². The first-order valence-corrected chi connectivity index (χ1v) is 4.11. The van der Waals surface area contributed by atoms with Crippen LogP contribution in [0.3, 0.4) is 0 Å². The van der Waals surface area contributed by atoms with Crippen molar-refractivity contribution in [3.05, 3.63) is 35.5 Å². The van der Waals surface area contributed by atoms with Crippen LogP contribution in [0.4, 0.5) is 0 Å². The van der Waals surface area contributed by atoms with Crippen molar-refractivity contribution in [1.82, 2.24) is 0 Å². The molecular weight excluding hydrogens is 184 g/mol. The molecule has 0 saturated carbocycles. The summed E-state index contributed by atoms with van der Waals surface area (Å²) in [5.41, 5.74) is -0.738. The van der Waals surface area contributed by atoms with Crippen molar-refractivity contribution in [2.75, 3.05) is 0 Å². The second-order valence-electron chi connectivity index (χ2n) is 3.40. The molecule has 4 nitrogen and oxygen atoms in total. The van der Waals surface area contributed by atoms with E-state index in [2.05, 4.69) is 4.74 Å². The Hall–Kier alpha value is -1.68. The molecule has 4 heteroatoms. The molecule has 0 fully saturated rings. The number of hydrogen-bond acceptors (Lipinski definition) is 4. The van der Waals surface area contributed by atoms with Crippen molar-refractivity contribution < 1.29 is 19.4 Å². The highest BCUT2D eigenvalue weighted by Crippen LogP contribution is 2.25. The molecule has 72 valence electrons. The number of carbonyl (C=O) groups excluding carboxylic acids is 2. The van der Waals surface area contributed by atoms with E-state index in [-0.39, 0.29) is 11.1 Å². The Labute approximate surface area is 80.2 Å². The number of esters is 2. The van der Waals surface area contributed by atoms with Gasteiger partial charge in [-0.25, -0.2) is 9.59 Å². The minimum Gasteiger partial charge on any atom is -0.386 e. The van der Waals surface area contributed by atoms with Gasteiger partial charge >= 0.3 is 11.9 Å². The Morgan fingerprint density at radius 3 is 2.00 bits per heavy atom. The lowest BCUT2D eigenvalue weighted by atomic mass is 10.1. The zero-order chi connectivity index (χ0) is 10.3. The third kappa shape index (κ3) is 1.29. The van der Waals surface area contributed by atoms with Crippen molar-refractivity contribution in [3.8, 4) is 0 Å². The summed E-state index contributed by atoms with van der Waals surface area (Å²) in [5.74, 6) is -1.33. The van der Waals surface area contributed by atoms with Crippen molar-refractivity contribution in [2.45, 2.75) is 12.5 Å². The average Bonchev–Trinajstić information content (AvgIpc) is 2.26. The van der Waals surface area contributed by atoms with E-state index >= 15 is 0 Å². The molecule has 14 heavy (non-hydrogen) atoms. The van der Waals surface area contributed by atoms with Gasteiger partial charge in [0.2, 0.25) is 0 Å². The average molecular weight is 192 g/mol. The first-order valence-electron chi connectivity index (χ1n) is 4.11. The lowest BCUT2D eigenvalue weighted by molar-refractivity contribution is -0.150. The Bertz CT molecular complexity index is 374. The standard InChI is InChI=1S/C10H8O4/c1-10(13)4-2-6-7(3-5-10)9(12)14-8(6)11/h2-5,13H,1H3. The fraction of sp³-hybridized carbons (Fsp3) is 0.200. The van der Waals surface area contributed by atoms with Crippen LogP contribution in [0.15, 0.2) is 35.5 Å². The van der Waals surface area contributed by atoms with E-state index in [0.717, 1.165) is 0 Å². The summed E-state index contributed by atoms with van der Waals surface area (Å²) < 4.78 is 4.40. The number of aliphatic hydroxyl groups is 1. The maximum atomic E-state index is 11.1. The Kier molecular flexibility index (Phi) is 1.69. The van der Waals surface area contributed by atoms with E-state index < -0.39 is 17.5 Å². The zero-order valence-electron chi connectivity index (χ0n) is 7.48. The van der Waals surface area contributed by atoms with Gasteiger partial charge in [-0.05, 0) is 31.2 Å². The van der Waals surface area contributed by atoms with Crippen LogP contribution < -0.4 is 0 Å². The maximum absolute atomic E-state index is 11.1. The van der Waals surface area contributed by atoms with Gasteiger partial charge in [0.15, 0.2) is 0 Å². The number of carbonyl (C=O) groups is 2. The lowest BCUT2D eigenvalue weighted by Gasteiger charge is -2.11. The number of hydrogen-bond donors (Lipinski definition) is 1. The Morgan fingerprint density at radius 2 is 1.57 bits per heavy atom. The molecule has 1 N–H and O–H groups in total.